The number of benzene rings is 3. The van der Waals surface area contributed by atoms with Crippen LogP contribution in [-0.2, 0) is 48.9 Å². The zero-order chi connectivity index (χ0) is 58.1. The Balaban J connectivity index is 0.787. The summed E-state index contributed by atoms with van der Waals surface area (Å²) in [5, 5.41) is 4.38. The van der Waals surface area contributed by atoms with Gasteiger partial charge in [0.05, 0.1) is 33.7 Å². The lowest BCUT2D eigenvalue weighted by Crippen LogP contribution is -2.50. The van der Waals surface area contributed by atoms with Crippen LogP contribution in [0.4, 0.5) is 35.7 Å². The molecule has 2 atom stereocenters. The molecule has 4 aromatic rings. The first-order valence-corrected chi connectivity index (χ1v) is 28.9. The number of alkyl halides is 6. The van der Waals surface area contributed by atoms with Crippen LogP contribution < -0.4 is 5.32 Å². The van der Waals surface area contributed by atoms with Crippen molar-refractivity contribution in [3.8, 4) is 0 Å². The Labute approximate surface area is 474 Å². The van der Waals surface area contributed by atoms with Gasteiger partial charge in [-0.25, -0.2) is 4.39 Å². The quantitative estimate of drug-likeness (QED) is 0.0572. The third kappa shape index (κ3) is 15.3. The van der Waals surface area contributed by atoms with Crippen molar-refractivity contribution in [2.24, 2.45) is 0 Å². The summed E-state index contributed by atoms with van der Waals surface area (Å²) in [5.41, 5.74) is -1.91. The number of hydrogen-bond donors (Lipinski definition) is 1. The molecule has 1 aliphatic carbocycles. The number of likely N-dealkylation sites (N-methyl/N-ethyl adjacent to an activating group) is 2. The molecule has 4 amide bonds. The number of thiophene rings is 1. The van der Waals surface area contributed by atoms with Gasteiger partial charge in [-0.3, -0.25) is 19.2 Å². The molecular formula is C60H75F7N7O6S. The maximum Gasteiger partial charge on any atom is 0.416 e. The van der Waals surface area contributed by atoms with Gasteiger partial charge in [-0.1, -0.05) is 42.8 Å². The van der Waals surface area contributed by atoms with Crippen LogP contribution in [0.5, 0.6) is 0 Å². The molecule has 81 heavy (non-hydrogen) atoms. The van der Waals surface area contributed by atoms with Crippen molar-refractivity contribution in [2.45, 2.75) is 107 Å². The number of amides is 4. The van der Waals surface area contributed by atoms with Gasteiger partial charge in [0, 0.05) is 77.8 Å². The van der Waals surface area contributed by atoms with Gasteiger partial charge in [0.1, 0.15) is 24.8 Å². The molecule has 3 aromatic carbocycles. The summed E-state index contributed by atoms with van der Waals surface area (Å²) >= 11 is 1.43. The Morgan fingerprint density at radius 1 is 0.765 bits per heavy atom. The van der Waals surface area contributed by atoms with E-state index in [0.29, 0.717) is 87.4 Å². The van der Waals surface area contributed by atoms with Gasteiger partial charge in [-0.2, -0.15) is 26.3 Å². The molecule has 3 saturated heterocycles. The van der Waals surface area contributed by atoms with Crippen molar-refractivity contribution >= 4 is 40.0 Å². The number of rotatable bonds is 23. The number of carbonyl (C=O) groups excluding carboxylic acids is 4. The van der Waals surface area contributed by atoms with Crippen LogP contribution in [0.1, 0.15) is 118 Å². The van der Waals surface area contributed by atoms with Crippen molar-refractivity contribution in [1.82, 2.24) is 29.4 Å². The minimum Gasteiger partial charge on any atom is -0.377 e. The van der Waals surface area contributed by atoms with E-state index in [0.717, 1.165) is 85.9 Å². The standard InChI is InChI=1S/C60H75F7N7O6S/c1-42-34-51(68-24-10-5-7-16-52(75)70(3)32-33-72-27-11-6-12-28-72)81-54(42)56(78)71(4)26-13-25-69(2)53(76)39-79-50-37-43-14-8-9-15-49(43)57(50)21-29-73(30-22-57)31-23-58(45-17-19-48(61)20-18-45)40-74(41-80-58)55(77)44-35-46(59(62,63)64)38-47(36-44)60(65,66)67/h6,8-9,14-15,17-20,34-36,38,50,68H,5,7,10-13,16,21-33,37,39-41H2,1-4H3/t50-,58-/m0/s1. The second-order valence-corrected chi connectivity index (χ2v) is 23.3. The molecule has 1 spiro atoms. The number of likely N-dealkylation sites (tertiary alicyclic amines) is 2. The molecule has 21 heteroatoms. The number of hydrogen-bond acceptors (Lipinski definition) is 10. The van der Waals surface area contributed by atoms with E-state index >= 15 is 0 Å². The molecule has 0 unspecified atom stereocenters. The van der Waals surface area contributed by atoms with Crippen LogP contribution in [0.25, 0.3) is 0 Å². The Morgan fingerprint density at radius 2 is 1.42 bits per heavy atom. The predicted octanol–water partition coefficient (Wildman–Crippen LogP) is 10.3. The highest BCUT2D eigenvalue weighted by Gasteiger charge is 2.50. The maximum absolute atomic E-state index is 14.2. The van der Waals surface area contributed by atoms with E-state index < -0.39 is 58.5 Å². The van der Waals surface area contributed by atoms with E-state index in [4.69, 9.17) is 9.47 Å². The normalized spacial score (nSPS) is 19.4. The first-order chi connectivity index (χ1) is 38.5. The van der Waals surface area contributed by atoms with Gasteiger partial charge >= 0.3 is 12.4 Å². The molecule has 4 heterocycles. The van der Waals surface area contributed by atoms with Crippen LogP contribution in [0, 0.1) is 19.2 Å². The minimum absolute atomic E-state index is 0.0252. The first-order valence-electron chi connectivity index (χ1n) is 28.1. The Morgan fingerprint density at radius 3 is 2.11 bits per heavy atom. The monoisotopic (exact) mass is 1150 g/mol. The lowest BCUT2D eigenvalue weighted by atomic mass is 9.72. The number of carbonyl (C=O) groups is 4. The Kier molecular flexibility index (Phi) is 20.3. The van der Waals surface area contributed by atoms with Crippen molar-refractivity contribution in [3.05, 3.63) is 129 Å². The molecule has 0 saturated carbocycles. The smallest absolute Gasteiger partial charge is 0.377 e. The number of unbranched alkanes of at least 4 members (excludes halogenated alkanes) is 2. The molecule has 3 fully saturated rings. The zero-order valence-corrected chi connectivity index (χ0v) is 47.6. The fraction of sp³-hybridized carbons (Fsp3) is 0.550. The second-order valence-electron chi connectivity index (χ2n) is 22.3. The minimum atomic E-state index is -5.14. The van der Waals surface area contributed by atoms with E-state index in [1.165, 1.54) is 41.2 Å². The number of ether oxygens (including phenoxy) is 2. The summed E-state index contributed by atoms with van der Waals surface area (Å²) in [7, 11) is 5.39. The van der Waals surface area contributed by atoms with Crippen molar-refractivity contribution in [3.63, 3.8) is 0 Å². The van der Waals surface area contributed by atoms with Crippen molar-refractivity contribution in [1.29, 1.82) is 0 Å². The predicted molar refractivity (Wildman–Crippen MR) is 296 cm³/mol. The van der Waals surface area contributed by atoms with Crippen molar-refractivity contribution < 1.29 is 59.4 Å². The highest BCUT2D eigenvalue weighted by molar-refractivity contribution is 7.18. The molecule has 3 aliphatic heterocycles. The average molecular weight is 1160 g/mol. The van der Waals surface area contributed by atoms with Crippen LogP contribution >= 0.6 is 11.3 Å². The second kappa shape index (κ2) is 26.7. The summed E-state index contributed by atoms with van der Waals surface area (Å²) < 4.78 is 109. The number of piperidine rings is 2. The van der Waals surface area contributed by atoms with Crippen LogP contribution in [0.2, 0.25) is 0 Å². The topological polar surface area (TPSA) is 118 Å². The number of halogens is 7. The lowest BCUT2D eigenvalue weighted by Gasteiger charge is -2.44. The summed E-state index contributed by atoms with van der Waals surface area (Å²) in [5.74, 6) is -1.66. The summed E-state index contributed by atoms with van der Waals surface area (Å²) in [6.45, 7) is 8.27. The molecule has 441 valence electrons. The van der Waals surface area contributed by atoms with E-state index in [2.05, 4.69) is 33.7 Å². The molecular weight excluding hydrogens is 1080 g/mol. The van der Waals surface area contributed by atoms with Crippen LogP contribution in [0.15, 0.2) is 72.8 Å². The number of fused-ring (bicyclic) bond motifs is 2. The third-order valence-electron chi connectivity index (χ3n) is 16.7. The largest absolute Gasteiger partial charge is 0.416 e. The zero-order valence-electron chi connectivity index (χ0n) is 46.7. The molecule has 1 aromatic heterocycles. The van der Waals surface area contributed by atoms with Gasteiger partial charge in [0.25, 0.3) is 11.8 Å². The molecule has 4 aliphatic rings. The number of aryl methyl sites for hydroxylation is 1. The van der Waals surface area contributed by atoms with Crippen LogP contribution in [-0.4, -0.2) is 166 Å². The van der Waals surface area contributed by atoms with E-state index in [-0.39, 0.29) is 49.5 Å². The lowest BCUT2D eigenvalue weighted by molar-refractivity contribution is -0.143. The fourth-order valence-corrected chi connectivity index (χ4v) is 12.8. The molecule has 13 nitrogen and oxygen atoms in total. The summed E-state index contributed by atoms with van der Waals surface area (Å²) in [6, 6.07) is 16.4. The third-order valence-corrected chi connectivity index (χ3v) is 17.9. The first kappa shape index (κ1) is 61.5. The summed E-state index contributed by atoms with van der Waals surface area (Å²) in [6.07, 6.45) is 0.0392. The molecule has 0 bridgehead atoms. The van der Waals surface area contributed by atoms with Gasteiger partial charge in [-0.15, -0.1) is 11.3 Å². The number of nitrogens with zero attached hydrogens (tertiary/aromatic N) is 6. The Bertz CT molecular complexity index is 2770. The van der Waals surface area contributed by atoms with Gasteiger partial charge < -0.3 is 44.2 Å². The highest BCUT2D eigenvalue weighted by atomic mass is 32.1. The van der Waals surface area contributed by atoms with E-state index in [1.54, 1.807) is 23.9 Å². The number of nitrogens with one attached hydrogen (secondary N) is 1. The number of anilines is 1. The van der Waals surface area contributed by atoms with E-state index in [1.807, 2.05) is 37.1 Å². The Hall–Kier alpha value is -5.61. The molecule has 1 N–H and O–H groups in total. The molecule has 1 radical (unpaired) electrons. The van der Waals surface area contributed by atoms with Crippen LogP contribution in [0.3, 0.4) is 0 Å². The fourth-order valence-electron chi connectivity index (χ4n) is 11.7. The van der Waals surface area contributed by atoms with Gasteiger partial charge in [0.15, 0.2) is 0 Å². The average Bonchev–Trinajstić information content (AvgIpc) is 4.36. The molecule has 8 rings (SSSR count). The van der Waals surface area contributed by atoms with Crippen molar-refractivity contribution in [2.75, 3.05) is 112 Å². The maximum atomic E-state index is 14.2. The highest BCUT2D eigenvalue weighted by Crippen LogP contribution is 2.48. The summed E-state index contributed by atoms with van der Waals surface area (Å²) in [4.78, 5) is 65.1. The SMILES string of the molecule is Cc1cc(NCCCCCC(=O)N(C)CCN2CC[CH]CC2)sc1C(=O)N(C)CCCN(C)C(=O)CO[C@H]1Cc2ccccc2C12CCN(CC[C@@]1(c3ccc(F)cc3)CN(C(=O)c3cc(C(F)(F)F)cc(C(F)(F)F)c3)CO1)CC2. The van der Waals surface area contributed by atoms with Gasteiger partial charge in [-0.05, 0) is 156 Å². The van der Waals surface area contributed by atoms with E-state index in [9.17, 15) is 49.9 Å². The van der Waals surface area contributed by atoms with Gasteiger partial charge in [0.2, 0.25) is 11.8 Å².